The first-order chi connectivity index (χ1) is 3.93. The van der Waals surface area contributed by atoms with E-state index in [2.05, 4.69) is 0 Å². The standard InChI is InChI=1S/C6H11O2/c7-5-8-6-3-1-2-4-6/h6H,1-5H2. The summed E-state index contributed by atoms with van der Waals surface area (Å²) in [4.78, 5) is 0. The third-order valence-corrected chi connectivity index (χ3v) is 1.61. The van der Waals surface area contributed by atoms with Gasteiger partial charge in [-0.15, -0.1) is 0 Å². The molecule has 0 spiro atoms. The lowest BCUT2D eigenvalue weighted by Gasteiger charge is -2.04. The molecule has 0 aromatic rings. The second-order valence-electron chi connectivity index (χ2n) is 2.19. The first kappa shape index (κ1) is 6.05. The lowest BCUT2D eigenvalue weighted by Crippen LogP contribution is -2.06. The molecule has 0 saturated heterocycles. The van der Waals surface area contributed by atoms with Crippen LogP contribution in [0.1, 0.15) is 25.7 Å². The average molecular weight is 115 g/mol. The quantitative estimate of drug-likeness (QED) is 0.499. The van der Waals surface area contributed by atoms with Crippen molar-refractivity contribution in [3.05, 3.63) is 0 Å². The molecule has 0 amide bonds. The summed E-state index contributed by atoms with van der Waals surface area (Å²) in [5.74, 6) is 0. The molecule has 0 aliphatic heterocycles. The second kappa shape index (κ2) is 3.05. The summed E-state index contributed by atoms with van der Waals surface area (Å²) >= 11 is 0. The lowest BCUT2D eigenvalue weighted by molar-refractivity contribution is -0.0806. The van der Waals surface area contributed by atoms with Crippen LogP contribution in [0.4, 0.5) is 0 Å². The van der Waals surface area contributed by atoms with Gasteiger partial charge in [0.1, 0.15) is 0 Å². The fourth-order valence-corrected chi connectivity index (χ4v) is 1.15. The Morgan fingerprint density at radius 1 is 1.38 bits per heavy atom. The lowest BCUT2D eigenvalue weighted by atomic mass is 10.3. The Balaban J connectivity index is 2.06. The van der Waals surface area contributed by atoms with Crippen molar-refractivity contribution >= 4 is 0 Å². The van der Waals surface area contributed by atoms with Crippen molar-refractivity contribution in [3.8, 4) is 0 Å². The van der Waals surface area contributed by atoms with Crippen molar-refractivity contribution in [2.45, 2.75) is 31.8 Å². The molecule has 1 rings (SSSR count). The SMILES string of the molecule is [O]COC1CCCC1. The van der Waals surface area contributed by atoms with E-state index in [0.29, 0.717) is 6.10 Å². The van der Waals surface area contributed by atoms with Gasteiger partial charge in [0.15, 0.2) is 6.79 Å². The van der Waals surface area contributed by atoms with Crippen LogP contribution in [0.3, 0.4) is 0 Å². The Kier molecular flexibility index (Phi) is 2.30. The van der Waals surface area contributed by atoms with E-state index < -0.39 is 0 Å². The Labute approximate surface area is 49.5 Å². The molecule has 1 fully saturated rings. The second-order valence-corrected chi connectivity index (χ2v) is 2.19. The van der Waals surface area contributed by atoms with Crippen LogP contribution in [0, 0.1) is 0 Å². The Morgan fingerprint density at radius 3 is 2.50 bits per heavy atom. The smallest absolute Gasteiger partial charge is 0.181 e. The van der Waals surface area contributed by atoms with E-state index in [1.54, 1.807) is 0 Å². The molecule has 2 heteroatoms. The molecule has 2 nitrogen and oxygen atoms in total. The predicted molar refractivity (Wildman–Crippen MR) is 28.9 cm³/mol. The molecule has 0 aromatic carbocycles. The highest BCUT2D eigenvalue weighted by Crippen LogP contribution is 2.20. The van der Waals surface area contributed by atoms with Gasteiger partial charge in [-0.2, -0.15) is 0 Å². The monoisotopic (exact) mass is 115 g/mol. The van der Waals surface area contributed by atoms with Crippen LogP contribution in [0.15, 0.2) is 0 Å². The summed E-state index contributed by atoms with van der Waals surface area (Å²) in [6, 6.07) is 0. The van der Waals surface area contributed by atoms with Gasteiger partial charge in [-0.05, 0) is 12.8 Å². The van der Waals surface area contributed by atoms with E-state index in [0.717, 1.165) is 12.8 Å². The van der Waals surface area contributed by atoms with Crippen LogP contribution in [0.25, 0.3) is 0 Å². The first-order valence-corrected chi connectivity index (χ1v) is 3.13. The van der Waals surface area contributed by atoms with E-state index >= 15 is 0 Å². The minimum atomic E-state index is -0.356. The fraction of sp³-hybridized carbons (Fsp3) is 1.00. The number of hydrogen-bond acceptors (Lipinski definition) is 1. The van der Waals surface area contributed by atoms with Crippen molar-refractivity contribution in [1.82, 2.24) is 0 Å². The molecule has 0 atom stereocenters. The number of rotatable bonds is 2. The van der Waals surface area contributed by atoms with Crippen LogP contribution < -0.4 is 0 Å². The zero-order chi connectivity index (χ0) is 5.82. The van der Waals surface area contributed by atoms with Gasteiger partial charge in [-0.3, -0.25) is 0 Å². The molecule has 0 unspecified atom stereocenters. The van der Waals surface area contributed by atoms with Gasteiger partial charge < -0.3 is 4.74 Å². The molecule has 1 radical (unpaired) electrons. The van der Waals surface area contributed by atoms with Gasteiger partial charge in [0, 0.05) is 0 Å². The van der Waals surface area contributed by atoms with Gasteiger partial charge >= 0.3 is 0 Å². The van der Waals surface area contributed by atoms with Crippen molar-refractivity contribution in [3.63, 3.8) is 0 Å². The summed E-state index contributed by atoms with van der Waals surface area (Å²) in [7, 11) is 0. The van der Waals surface area contributed by atoms with Crippen molar-refractivity contribution < 1.29 is 9.84 Å². The van der Waals surface area contributed by atoms with Crippen LogP contribution in [-0.4, -0.2) is 12.9 Å². The van der Waals surface area contributed by atoms with Crippen LogP contribution >= 0.6 is 0 Å². The van der Waals surface area contributed by atoms with Crippen molar-refractivity contribution in [1.29, 1.82) is 0 Å². The van der Waals surface area contributed by atoms with Gasteiger partial charge in [-0.1, -0.05) is 12.8 Å². The zero-order valence-corrected chi connectivity index (χ0v) is 4.93. The van der Waals surface area contributed by atoms with Gasteiger partial charge in [0.25, 0.3) is 0 Å². The summed E-state index contributed by atoms with van der Waals surface area (Å²) in [6.45, 7) is -0.356. The van der Waals surface area contributed by atoms with Crippen LogP contribution in [0.2, 0.25) is 0 Å². The van der Waals surface area contributed by atoms with E-state index in [-0.39, 0.29) is 6.79 Å². The molecule has 0 heterocycles. The molecule has 8 heavy (non-hydrogen) atoms. The highest BCUT2D eigenvalue weighted by molar-refractivity contribution is 4.65. The van der Waals surface area contributed by atoms with E-state index in [1.807, 2.05) is 0 Å². The number of hydrogen-bond donors (Lipinski definition) is 0. The molecular weight excluding hydrogens is 104 g/mol. The van der Waals surface area contributed by atoms with Crippen molar-refractivity contribution in [2.24, 2.45) is 0 Å². The maximum atomic E-state index is 9.86. The largest absolute Gasteiger partial charge is 0.349 e. The summed E-state index contributed by atoms with van der Waals surface area (Å²) in [5, 5.41) is 9.86. The van der Waals surface area contributed by atoms with E-state index in [4.69, 9.17) is 4.74 Å². The molecule has 1 aliphatic rings. The normalized spacial score (nSPS) is 22.1. The Bertz CT molecular complexity index is 57.5. The minimum absolute atomic E-state index is 0.299. The molecule has 0 N–H and O–H groups in total. The molecule has 1 aliphatic carbocycles. The topological polar surface area (TPSA) is 29.1 Å². The van der Waals surface area contributed by atoms with Crippen LogP contribution in [-0.2, 0) is 9.84 Å². The third-order valence-electron chi connectivity index (χ3n) is 1.61. The molecule has 0 bridgehead atoms. The van der Waals surface area contributed by atoms with E-state index in [1.165, 1.54) is 12.8 Å². The third kappa shape index (κ3) is 1.46. The Morgan fingerprint density at radius 2 is 2.00 bits per heavy atom. The maximum Gasteiger partial charge on any atom is 0.181 e. The molecule has 0 aromatic heterocycles. The fourth-order valence-electron chi connectivity index (χ4n) is 1.15. The summed E-state index contributed by atoms with van der Waals surface area (Å²) < 4.78 is 4.85. The average Bonchev–Trinajstić information content (AvgIpc) is 2.19. The van der Waals surface area contributed by atoms with E-state index in [9.17, 15) is 5.11 Å². The highest BCUT2D eigenvalue weighted by Gasteiger charge is 2.14. The Hall–Kier alpha value is -0.0800. The summed E-state index contributed by atoms with van der Waals surface area (Å²) in [5.41, 5.74) is 0. The first-order valence-electron chi connectivity index (χ1n) is 3.13. The van der Waals surface area contributed by atoms with Crippen molar-refractivity contribution in [2.75, 3.05) is 6.79 Å². The highest BCUT2D eigenvalue weighted by atomic mass is 16.6. The zero-order valence-electron chi connectivity index (χ0n) is 4.93. The molecular formula is C6H11O2. The molecule has 1 saturated carbocycles. The summed E-state index contributed by atoms with van der Waals surface area (Å²) in [6.07, 6.45) is 4.98. The molecule has 47 valence electrons. The van der Waals surface area contributed by atoms with Gasteiger partial charge in [0.2, 0.25) is 0 Å². The van der Waals surface area contributed by atoms with Gasteiger partial charge in [0.05, 0.1) is 6.10 Å². The maximum absolute atomic E-state index is 9.86. The minimum Gasteiger partial charge on any atom is -0.349 e. The number of ether oxygens (including phenoxy) is 1. The van der Waals surface area contributed by atoms with Crippen LogP contribution in [0.5, 0.6) is 0 Å². The van der Waals surface area contributed by atoms with Gasteiger partial charge in [-0.25, -0.2) is 5.11 Å². The predicted octanol–water partition coefficient (Wildman–Crippen LogP) is 1.33.